The predicted octanol–water partition coefficient (Wildman–Crippen LogP) is 1.51. The minimum absolute atomic E-state index is 0.180. The van der Waals surface area contributed by atoms with E-state index in [0.29, 0.717) is 5.69 Å². The van der Waals surface area contributed by atoms with Gasteiger partial charge in [-0.15, -0.1) is 0 Å². The average Bonchev–Trinajstić information content (AvgIpc) is 2.74. The summed E-state index contributed by atoms with van der Waals surface area (Å²) in [4.78, 5) is 11.6. The molecular weight excluding hydrogens is 220 g/mol. The van der Waals surface area contributed by atoms with Crippen LogP contribution in [0.15, 0.2) is 10.6 Å². The Morgan fingerprint density at radius 3 is 2.65 bits per heavy atom. The summed E-state index contributed by atoms with van der Waals surface area (Å²) in [5, 5.41) is 16.1. The Bertz CT molecular complexity index is 358. The molecule has 1 heterocycles. The normalized spacial score (nSPS) is 12.8. The van der Waals surface area contributed by atoms with Crippen LogP contribution in [-0.4, -0.2) is 28.8 Å². The van der Waals surface area contributed by atoms with Crippen LogP contribution in [0.5, 0.6) is 0 Å². The Morgan fingerprint density at radius 1 is 1.53 bits per heavy atom. The molecule has 0 saturated carbocycles. The number of aryl methyl sites for hydroxylation is 1. The van der Waals surface area contributed by atoms with Crippen LogP contribution in [-0.2, 0) is 0 Å². The number of amides is 1. The van der Waals surface area contributed by atoms with E-state index in [4.69, 9.17) is 4.52 Å². The van der Waals surface area contributed by atoms with E-state index in [9.17, 15) is 9.90 Å². The zero-order valence-electron chi connectivity index (χ0n) is 10.6. The lowest BCUT2D eigenvalue weighted by Crippen LogP contribution is -2.35. The van der Waals surface area contributed by atoms with Crippen molar-refractivity contribution >= 4 is 5.91 Å². The number of hydrogen-bond donors (Lipinski definition) is 2. The summed E-state index contributed by atoms with van der Waals surface area (Å²) in [5.74, 6) is 0.0571. The van der Waals surface area contributed by atoms with Gasteiger partial charge in [0.2, 0.25) is 5.76 Å². The molecule has 1 atom stereocenters. The summed E-state index contributed by atoms with van der Waals surface area (Å²) < 4.78 is 4.83. The highest BCUT2D eigenvalue weighted by Gasteiger charge is 2.18. The molecule has 0 aliphatic rings. The summed E-state index contributed by atoms with van der Waals surface area (Å²) in [5.41, 5.74) is 0.663. The second-order valence-electron chi connectivity index (χ2n) is 4.19. The van der Waals surface area contributed by atoms with Crippen molar-refractivity contribution in [2.75, 3.05) is 6.54 Å². The molecule has 0 saturated heterocycles. The predicted molar refractivity (Wildman–Crippen MR) is 63.7 cm³/mol. The summed E-state index contributed by atoms with van der Waals surface area (Å²) in [7, 11) is 0. The molecule has 5 nitrogen and oxygen atoms in total. The smallest absolute Gasteiger partial charge is 0.289 e. The maximum atomic E-state index is 11.6. The van der Waals surface area contributed by atoms with Crippen LogP contribution < -0.4 is 5.32 Å². The van der Waals surface area contributed by atoms with Crippen molar-refractivity contribution in [3.05, 3.63) is 17.5 Å². The SMILES string of the molecule is CCC(CC)C(O)CNC(=O)c1cc(C)no1. The molecule has 1 unspecified atom stereocenters. The van der Waals surface area contributed by atoms with Gasteiger partial charge >= 0.3 is 0 Å². The lowest BCUT2D eigenvalue weighted by molar-refractivity contribution is 0.0790. The van der Waals surface area contributed by atoms with Crippen molar-refractivity contribution in [2.24, 2.45) is 5.92 Å². The number of aromatic nitrogens is 1. The molecule has 1 aromatic heterocycles. The zero-order chi connectivity index (χ0) is 12.8. The zero-order valence-corrected chi connectivity index (χ0v) is 10.6. The van der Waals surface area contributed by atoms with Crippen molar-refractivity contribution in [2.45, 2.75) is 39.7 Å². The molecule has 0 fully saturated rings. The van der Waals surface area contributed by atoms with Crippen LogP contribution in [0.2, 0.25) is 0 Å². The third-order valence-corrected chi connectivity index (χ3v) is 2.92. The molecule has 2 N–H and O–H groups in total. The minimum Gasteiger partial charge on any atom is -0.391 e. The lowest BCUT2D eigenvalue weighted by Gasteiger charge is -2.19. The first-order chi connectivity index (χ1) is 8.08. The number of nitrogens with zero attached hydrogens (tertiary/aromatic N) is 1. The van der Waals surface area contributed by atoms with Gasteiger partial charge in [-0.2, -0.15) is 0 Å². The van der Waals surface area contributed by atoms with Crippen LogP contribution >= 0.6 is 0 Å². The Hall–Kier alpha value is -1.36. The van der Waals surface area contributed by atoms with E-state index in [1.54, 1.807) is 13.0 Å². The minimum atomic E-state index is -0.516. The first-order valence-electron chi connectivity index (χ1n) is 5.98. The molecule has 96 valence electrons. The largest absolute Gasteiger partial charge is 0.391 e. The molecule has 1 aromatic rings. The molecule has 1 rings (SSSR count). The van der Waals surface area contributed by atoms with E-state index in [0.717, 1.165) is 12.8 Å². The van der Waals surface area contributed by atoms with Gasteiger partial charge in [0.15, 0.2) is 0 Å². The molecule has 0 spiro atoms. The average molecular weight is 240 g/mol. The maximum Gasteiger partial charge on any atom is 0.289 e. The van der Waals surface area contributed by atoms with E-state index in [2.05, 4.69) is 10.5 Å². The second kappa shape index (κ2) is 6.39. The number of rotatable bonds is 6. The quantitative estimate of drug-likeness (QED) is 0.790. The number of hydrogen-bond acceptors (Lipinski definition) is 4. The Labute approximate surface area is 101 Å². The standard InChI is InChI=1S/C12H20N2O3/c1-4-9(5-2)10(15)7-13-12(16)11-6-8(3)14-17-11/h6,9-10,15H,4-5,7H2,1-3H3,(H,13,16). The molecule has 17 heavy (non-hydrogen) atoms. The molecule has 5 heteroatoms. The fraction of sp³-hybridized carbons (Fsp3) is 0.667. The van der Waals surface area contributed by atoms with E-state index >= 15 is 0 Å². The lowest BCUT2D eigenvalue weighted by atomic mass is 9.96. The van der Waals surface area contributed by atoms with Crippen molar-refractivity contribution in [1.29, 1.82) is 0 Å². The summed E-state index contributed by atoms with van der Waals surface area (Å²) in [6.45, 7) is 6.04. The molecule has 1 amide bonds. The summed E-state index contributed by atoms with van der Waals surface area (Å²) in [6.07, 6.45) is 1.28. The number of aliphatic hydroxyl groups is 1. The molecule has 0 radical (unpaired) electrons. The highest BCUT2D eigenvalue weighted by Crippen LogP contribution is 2.12. The molecule has 0 bridgehead atoms. The van der Waals surface area contributed by atoms with Gasteiger partial charge in [0.1, 0.15) is 0 Å². The van der Waals surface area contributed by atoms with Crippen molar-refractivity contribution < 1.29 is 14.4 Å². The van der Waals surface area contributed by atoms with Crippen LogP contribution in [0.3, 0.4) is 0 Å². The van der Waals surface area contributed by atoms with Gasteiger partial charge in [-0.1, -0.05) is 31.8 Å². The fourth-order valence-electron chi connectivity index (χ4n) is 1.75. The van der Waals surface area contributed by atoms with Gasteiger partial charge < -0.3 is 14.9 Å². The van der Waals surface area contributed by atoms with Gasteiger partial charge in [0.25, 0.3) is 5.91 Å². The van der Waals surface area contributed by atoms with Gasteiger partial charge in [-0.05, 0) is 12.8 Å². The van der Waals surface area contributed by atoms with Gasteiger partial charge in [0.05, 0.1) is 11.8 Å². The number of carbonyl (C=O) groups excluding carboxylic acids is 1. The molecular formula is C12H20N2O3. The van der Waals surface area contributed by atoms with Crippen LogP contribution in [0.25, 0.3) is 0 Å². The number of aliphatic hydroxyl groups excluding tert-OH is 1. The topological polar surface area (TPSA) is 75.4 Å². The second-order valence-corrected chi connectivity index (χ2v) is 4.19. The van der Waals surface area contributed by atoms with Gasteiger partial charge in [-0.3, -0.25) is 4.79 Å². The van der Waals surface area contributed by atoms with Crippen molar-refractivity contribution in [3.8, 4) is 0 Å². The number of nitrogens with one attached hydrogen (secondary N) is 1. The third kappa shape index (κ3) is 3.85. The van der Waals surface area contributed by atoms with E-state index in [-0.39, 0.29) is 24.1 Å². The Kier molecular flexibility index (Phi) is 5.15. The summed E-state index contributed by atoms with van der Waals surface area (Å²) in [6, 6.07) is 1.57. The van der Waals surface area contributed by atoms with Crippen LogP contribution in [0.1, 0.15) is 42.9 Å². The molecule has 0 aliphatic carbocycles. The van der Waals surface area contributed by atoms with Crippen LogP contribution in [0, 0.1) is 12.8 Å². The first-order valence-corrected chi connectivity index (χ1v) is 5.98. The van der Waals surface area contributed by atoms with Gasteiger partial charge in [-0.25, -0.2) is 0 Å². The van der Waals surface area contributed by atoms with Crippen LogP contribution in [0.4, 0.5) is 0 Å². The highest BCUT2D eigenvalue weighted by atomic mass is 16.5. The third-order valence-electron chi connectivity index (χ3n) is 2.92. The Morgan fingerprint density at radius 2 is 2.18 bits per heavy atom. The molecule has 0 aromatic carbocycles. The molecule has 0 aliphatic heterocycles. The monoisotopic (exact) mass is 240 g/mol. The van der Waals surface area contributed by atoms with Crippen molar-refractivity contribution in [3.63, 3.8) is 0 Å². The fourth-order valence-corrected chi connectivity index (χ4v) is 1.75. The number of carbonyl (C=O) groups is 1. The van der Waals surface area contributed by atoms with Gasteiger partial charge in [0, 0.05) is 12.6 Å². The van der Waals surface area contributed by atoms with E-state index in [1.807, 2.05) is 13.8 Å². The maximum absolute atomic E-state index is 11.6. The van der Waals surface area contributed by atoms with Crippen molar-refractivity contribution in [1.82, 2.24) is 10.5 Å². The van der Waals surface area contributed by atoms with E-state index in [1.165, 1.54) is 0 Å². The first kappa shape index (κ1) is 13.7. The van der Waals surface area contributed by atoms with E-state index < -0.39 is 6.10 Å². The Balaban J connectivity index is 2.43. The highest BCUT2D eigenvalue weighted by molar-refractivity contribution is 5.91. The summed E-state index contributed by atoms with van der Waals surface area (Å²) >= 11 is 0.